The van der Waals surface area contributed by atoms with Gasteiger partial charge in [-0.3, -0.25) is 9.88 Å². The van der Waals surface area contributed by atoms with Crippen molar-refractivity contribution in [3.05, 3.63) is 223 Å². The molecule has 0 spiro atoms. The summed E-state index contributed by atoms with van der Waals surface area (Å²) in [7, 11) is -2.03. The highest BCUT2D eigenvalue weighted by Gasteiger charge is 2.27. The lowest BCUT2D eigenvalue weighted by Crippen LogP contribution is -2.28. The SMILES string of the molecule is CCc1cc(CC)c(-c2cc3c(c4c2o[pH]oc2c(-c5c(CC)cc(CC)cc5CC)cc5ccccc5c24)=CCCC=3)c(CC)c1.CCc1cc(CC)c(-c2cc3ccccc3c3c2op(NC=O)oc2c(-c4c(CC)cc(CC)cc4CC)cc4ccccc4c23)c(CC)c1. The van der Waals surface area contributed by atoms with E-state index in [-0.39, 0.29) is 8.67 Å². The first kappa shape index (κ1) is 66.8. The zero-order chi connectivity index (χ0) is 67.6. The van der Waals surface area contributed by atoms with Crippen molar-refractivity contribution in [2.75, 3.05) is 5.09 Å². The molecule has 0 saturated carbocycles. The molecule has 2 aromatic heterocycles. The molecule has 13 aromatic rings. The van der Waals surface area contributed by atoms with E-state index in [0.29, 0.717) is 6.41 Å². The monoisotopic (exact) mass is 1320 g/mol. The molecule has 0 radical (unpaired) electrons. The molecule has 14 rings (SSSR count). The summed E-state index contributed by atoms with van der Waals surface area (Å²) in [6.07, 6.45) is 19.2. The number of hydrogen-bond acceptors (Lipinski definition) is 5. The van der Waals surface area contributed by atoms with Crippen LogP contribution in [0.15, 0.2) is 162 Å². The number of amides is 1. The molecule has 97 heavy (non-hydrogen) atoms. The first-order valence-corrected chi connectivity index (χ1v) is 38.1. The van der Waals surface area contributed by atoms with Crippen molar-refractivity contribution in [2.45, 2.75) is 173 Å². The van der Waals surface area contributed by atoms with Gasteiger partial charge in [0.05, 0.1) is 0 Å². The molecule has 1 atom stereocenters. The number of nitrogens with one attached hydrogen (secondary N) is 1. The van der Waals surface area contributed by atoms with E-state index in [1.165, 1.54) is 132 Å². The van der Waals surface area contributed by atoms with Gasteiger partial charge in [-0.15, -0.1) is 0 Å². The van der Waals surface area contributed by atoms with Crippen molar-refractivity contribution < 1.29 is 21.6 Å². The number of fused-ring (bicyclic) bond motifs is 14. The number of carbonyl (C=O) groups is 1. The summed E-state index contributed by atoms with van der Waals surface area (Å²) >= 11 is 0. The Hall–Kier alpha value is -8.79. The van der Waals surface area contributed by atoms with Gasteiger partial charge in [-0.2, -0.15) is 0 Å². The van der Waals surface area contributed by atoms with Crippen LogP contribution in [0.5, 0.6) is 0 Å². The van der Waals surface area contributed by atoms with Crippen molar-refractivity contribution in [3.63, 3.8) is 0 Å². The van der Waals surface area contributed by atoms with E-state index in [4.69, 9.17) is 16.8 Å². The standard InChI is InChI=1S/C45H46NO3P.C44H47O2P/c1-7-28-21-30(9-3)40(31(10-4)22-28)38-25-34-17-13-15-19-36(34)42-43-37-20-16-14-18-35(37)26-39(45(43)49-50(46-27-47)48-44(38)42)41-32(11-5)23-29(8-2)24-33(41)12-6;1-7-27-21-29(9-3)39(30(10-4)22-27)37-25-33-17-13-15-19-35(33)41-42-36-20-16-14-18-34(36)26-38(44(42)46-47-45-43(37)41)40-31(11-5)23-28(8-2)24-32(40)12-6/h13-27H,7-12H2,1-6H3,(H,46,47);13,15,17-26,47H,7-12,14,16H2,1-6H3. The maximum Gasteiger partial charge on any atom is 0.340 e. The number of hydrogen-bond donors (Lipinski definition) is 1. The minimum absolute atomic E-state index is 0.143. The van der Waals surface area contributed by atoms with Gasteiger partial charge in [-0.25, -0.2) is 0 Å². The summed E-state index contributed by atoms with van der Waals surface area (Å²) in [5.74, 6) is 0. The van der Waals surface area contributed by atoms with Crippen molar-refractivity contribution in [1.82, 2.24) is 0 Å². The molecule has 1 amide bonds. The minimum Gasteiger partial charge on any atom is -0.420 e. The summed E-state index contributed by atoms with van der Waals surface area (Å²) in [6.45, 7) is 27.0. The van der Waals surface area contributed by atoms with Gasteiger partial charge in [0.15, 0.2) is 11.2 Å². The Bertz CT molecular complexity index is 5190. The van der Waals surface area contributed by atoms with Crippen LogP contribution in [0, 0.1) is 0 Å². The highest BCUT2D eigenvalue weighted by Crippen LogP contribution is 2.50. The molecular weight excluding hydrogens is 1220 g/mol. The highest BCUT2D eigenvalue weighted by atomic mass is 31.1. The third kappa shape index (κ3) is 12.2. The van der Waals surface area contributed by atoms with Crippen molar-refractivity contribution in [3.8, 4) is 44.5 Å². The molecule has 11 aromatic carbocycles. The average molecular weight is 1320 g/mol. The van der Waals surface area contributed by atoms with Gasteiger partial charge in [-0.1, -0.05) is 217 Å². The first-order valence-electron chi connectivity index (χ1n) is 36.1. The van der Waals surface area contributed by atoms with Gasteiger partial charge >= 0.3 is 8.16 Å². The lowest BCUT2D eigenvalue weighted by molar-refractivity contribution is -0.105. The van der Waals surface area contributed by atoms with Gasteiger partial charge in [0.1, 0.15) is 11.2 Å². The summed E-state index contributed by atoms with van der Waals surface area (Å²) in [5, 5.41) is 16.8. The van der Waals surface area contributed by atoms with Crippen LogP contribution in [0.2, 0.25) is 0 Å². The Kier molecular flexibility index (Phi) is 20.1. The molecule has 8 heteroatoms. The lowest BCUT2D eigenvalue weighted by Gasteiger charge is -2.19. The van der Waals surface area contributed by atoms with Gasteiger partial charge in [0, 0.05) is 43.8 Å². The van der Waals surface area contributed by atoms with E-state index < -0.39 is 8.16 Å². The van der Waals surface area contributed by atoms with Gasteiger partial charge < -0.3 is 16.8 Å². The molecule has 0 aliphatic heterocycles. The zero-order valence-corrected chi connectivity index (χ0v) is 60.9. The second-order valence-electron chi connectivity index (χ2n) is 26.0. The second-order valence-corrected chi connectivity index (χ2v) is 27.8. The molecule has 0 fully saturated rings. The fourth-order valence-electron chi connectivity index (χ4n) is 15.9. The number of rotatable bonds is 18. The predicted molar refractivity (Wildman–Crippen MR) is 419 cm³/mol. The van der Waals surface area contributed by atoms with E-state index in [1.807, 2.05) is 0 Å². The molecule has 0 saturated heterocycles. The van der Waals surface area contributed by atoms with Crippen LogP contribution < -0.4 is 15.5 Å². The van der Waals surface area contributed by atoms with E-state index in [9.17, 15) is 4.79 Å². The Balaban J connectivity index is 0.000000175. The smallest absolute Gasteiger partial charge is 0.340 e. The highest BCUT2D eigenvalue weighted by molar-refractivity contribution is 7.39. The van der Waals surface area contributed by atoms with E-state index >= 15 is 0 Å². The summed E-state index contributed by atoms with van der Waals surface area (Å²) < 4.78 is 27.8. The van der Waals surface area contributed by atoms with Crippen LogP contribution in [0.25, 0.3) is 133 Å². The lowest BCUT2D eigenvalue weighted by atomic mass is 9.85. The van der Waals surface area contributed by atoms with Gasteiger partial charge in [0.2, 0.25) is 15.1 Å². The molecule has 1 aliphatic rings. The Labute approximate surface area is 575 Å². The fourth-order valence-corrected chi connectivity index (χ4v) is 17.4. The normalized spacial score (nSPS) is 12.2. The number of aryl methyl sites for hydroxylation is 12. The first-order chi connectivity index (χ1) is 47.5. The Morgan fingerprint density at radius 3 is 0.990 bits per heavy atom. The van der Waals surface area contributed by atoms with Crippen LogP contribution >= 0.6 is 16.8 Å². The molecule has 2 heterocycles. The number of benzene rings is 11. The second kappa shape index (κ2) is 29.1. The third-order valence-electron chi connectivity index (χ3n) is 20.7. The summed E-state index contributed by atoms with van der Waals surface area (Å²) in [5.41, 5.74) is 29.3. The maximum absolute atomic E-state index is 12.2. The quantitative estimate of drug-likeness (QED) is 0.0866. The van der Waals surface area contributed by atoms with E-state index in [2.05, 4.69) is 246 Å². The molecule has 0 bridgehead atoms. The average Bonchev–Trinajstić information content (AvgIpc) is 1.72. The van der Waals surface area contributed by atoms with Crippen molar-refractivity contribution in [2.24, 2.45) is 0 Å². The van der Waals surface area contributed by atoms with Crippen LogP contribution in [0.4, 0.5) is 0 Å². The van der Waals surface area contributed by atoms with Crippen molar-refractivity contribution in [1.29, 1.82) is 0 Å². The predicted octanol–water partition coefficient (Wildman–Crippen LogP) is 24.6. The molecule has 6 nitrogen and oxygen atoms in total. The Morgan fingerprint density at radius 2 is 0.660 bits per heavy atom. The van der Waals surface area contributed by atoms with Crippen molar-refractivity contribution >= 4 is 112 Å². The minimum atomic E-state index is -1.89. The third-order valence-corrected chi connectivity index (χ3v) is 22.3. The van der Waals surface area contributed by atoms with E-state index in [0.717, 1.165) is 156 Å². The zero-order valence-electron chi connectivity index (χ0n) is 59.0. The van der Waals surface area contributed by atoms with Crippen LogP contribution in [-0.2, 0) is 81.8 Å². The largest absolute Gasteiger partial charge is 0.420 e. The maximum atomic E-state index is 12.2. The van der Waals surface area contributed by atoms with Crippen LogP contribution in [0.1, 0.15) is 163 Å². The van der Waals surface area contributed by atoms with E-state index in [1.54, 1.807) is 0 Å². The summed E-state index contributed by atoms with van der Waals surface area (Å²) in [4.78, 5) is 12.2. The summed E-state index contributed by atoms with van der Waals surface area (Å²) in [6, 6.07) is 54.6. The molecule has 1 aliphatic carbocycles. The van der Waals surface area contributed by atoms with Gasteiger partial charge in [0.25, 0.3) is 0 Å². The Morgan fingerprint density at radius 1 is 0.361 bits per heavy atom. The topological polar surface area (TPSA) is 81.7 Å². The molecule has 1 N–H and O–H groups in total. The number of carbonyl (C=O) groups excluding carboxylic acids is 1. The van der Waals surface area contributed by atoms with Gasteiger partial charge in [-0.05, 0) is 246 Å². The molecule has 494 valence electrons. The molecular formula is C89H93NO5P2. The molecule has 1 unspecified atom stereocenters. The van der Waals surface area contributed by atoms with Crippen LogP contribution in [-0.4, -0.2) is 6.41 Å². The van der Waals surface area contributed by atoms with Crippen LogP contribution in [0.3, 0.4) is 0 Å². The fraction of sp³-hybridized carbons (Fsp3) is 0.292.